The average molecular weight is 302 g/mol. The molecule has 0 spiro atoms. The third-order valence-corrected chi connectivity index (χ3v) is 2.82. The van der Waals surface area contributed by atoms with Crippen molar-refractivity contribution in [3.05, 3.63) is 8.96 Å². The van der Waals surface area contributed by atoms with E-state index in [9.17, 15) is 9.59 Å². The van der Waals surface area contributed by atoms with Gasteiger partial charge < -0.3 is 9.84 Å². The van der Waals surface area contributed by atoms with Crippen LogP contribution >= 0.6 is 31.9 Å². The maximum Gasteiger partial charge on any atom is 0.346 e. The van der Waals surface area contributed by atoms with Gasteiger partial charge in [-0.05, 0) is 38.8 Å². The van der Waals surface area contributed by atoms with Crippen LogP contribution in [0.5, 0.6) is 0 Å². The SMILES string of the molecule is CCOC(=O)/C(Br)=C(/Br)C(=O)O. The number of esters is 1. The number of hydrogen-bond acceptors (Lipinski definition) is 3. The van der Waals surface area contributed by atoms with Crippen LogP contribution in [0, 0.1) is 0 Å². The number of carboxylic acids is 1. The molecular formula is C6H6Br2O4. The lowest BCUT2D eigenvalue weighted by molar-refractivity contribution is -0.138. The number of halogens is 2. The Morgan fingerprint density at radius 2 is 1.83 bits per heavy atom. The maximum atomic E-state index is 10.9. The molecular weight excluding hydrogens is 296 g/mol. The molecule has 0 rings (SSSR count). The van der Waals surface area contributed by atoms with E-state index in [-0.39, 0.29) is 15.6 Å². The molecule has 4 nitrogen and oxygen atoms in total. The number of carbonyl (C=O) groups excluding carboxylic acids is 1. The van der Waals surface area contributed by atoms with Gasteiger partial charge in [0.15, 0.2) is 0 Å². The van der Waals surface area contributed by atoms with Crippen LogP contribution in [-0.2, 0) is 14.3 Å². The topological polar surface area (TPSA) is 63.6 Å². The molecule has 68 valence electrons. The van der Waals surface area contributed by atoms with E-state index in [4.69, 9.17) is 5.11 Å². The first-order chi connectivity index (χ1) is 5.50. The Kier molecular flexibility index (Phi) is 5.16. The highest BCUT2D eigenvalue weighted by atomic mass is 79.9. The average Bonchev–Trinajstić information content (AvgIpc) is 2.02. The molecule has 0 aliphatic carbocycles. The smallest absolute Gasteiger partial charge is 0.346 e. The van der Waals surface area contributed by atoms with E-state index in [1.54, 1.807) is 6.92 Å². The molecule has 1 N–H and O–H groups in total. The summed E-state index contributed by atoms with van der Waals surface area (Å²) in [5.41, 5.74) is 0. The van der Waals surface area contributed by atoms with Crippen LogP contribution in [0.2, 0.25) is 0 Å². The third-order valence-electron chi connectivity index (χ3n) is 0.835. The minimum atomic E-state index is -1.23. The standard InChI is InChI=1S/C6H6Br2O4/c1-2-12-6(11)4(8)3(7)5(9)10/h2H2,1H3,(H,9,10)/b4-3-. The van der Waals surface area contributed by atoms with E-state index >= 15 is 0 Å². The molecule has 0 fully saturated rings. The Morgan fingerprint density at radius 3 is 2.17 bits per heavy atom. The summed E-state index contributed by atoms with van der Waals surface area (Å²) in [5, 5.41) is 8.43. The zero-order valence-electron chi connectivity index (χ0n) is 6.13. The van der Waals surface area contributed by atoms with E-state index in [0.717, 1.165) is 0 Å². The molecule has 0 aromatic heterocycles. The molecule has 0 atom stereocenters. The largest absolute Gasteiger partial charge is 0.477 e. The molecule has 0 saturated heterocycles. The van der Waals surface area contributed by atoms with Crippen LogP contribution in [-0.4, -0.2) is 23.7 Å². The van der Waals surface area contributed by atoms with Gasteiger partial charge in [0.05, 0.1) is 6.61 Å². The van der Waals surface area contributed by atoms with Crippen molar-refractivity contribution in [3.8, 4) is 0 Å². The van der Waals surface area contributed by atoms with Crippen LogP contribution in [0.25, 0.3) is 0 Å². The van der Waals surface area contributed by atoms with Gasteiger partial charge in [-0.25, -0.2) is 9.59 Å². The van der Waals surface area contributed by atoms with Crippen LogP contribution in [0.4, 0.5) is 0 Å². The van der Waals surface area contributed by atoms with E-state index in [0.29, 0.717) is 0 Å². The van der Waals surface area contributed by atoms with E-state index in [1.807, 2.05) is 0 Å². The number of rotatable bonds is 3. The summed E-state index contributed by atoms with van der Waals surface area (Å²) in [7, 11) is 0. The van der Waals surface area contributed by atoms with Gasteiger partial charge >= 0.3 is 11.9 Å². The van der Waals surface area contributed by atoms with Gasteiger partial charge in [-0.15, -0.1) is 0 Å². The lowest BCUT2D eigenvalue weighted by Crippen LogP contribution is -2.07. The van der Waals surface area contributed by atoms with Crippen molar-refractivity contribution in [2.45, 2.75) is 6.92 Å². The van der Waals surface area contributed by atoms with Gasteiger partial charge in [0, 0.05) is 0 Å². The van der Waals surface area contributed by atoms with Crippen molar-refractivity contribution >= 4 is 43.8 Å². The number of carboxylic acid groups (broad SMARTS) is 1. The highest BCUT2D eigenvalue weighted by Crippen LogP contribution is 2.19. The van der Waals surface area contributed by atoms with Gasteiger partial charge in [0.25, 0.3) is 0 Å². The number of ether oxygens (including phenoxy) is 1. The second-order valence-electron chi connectivity index (χ2n) is 1.65. The van der Waals surface area contributed by atoms with Crippen molar-refractivity contribution in [1.29, 1.82) is 0 Å². The van der Waals surface area contributed by atoms with Crippen LogP contribution in [0.3, 0.4) is 0 Å². The summed E-state index contributed by atoms with van der Waals surface area (Å²) in [6.45, 7) is 1.83. The number of aliphatic carboxylic acids is 1. The number of carbonyl (C=O) groups is 2. The monoisotopic (exact) mass is 300 g/mol. The zero-order valence-corrected chi connectivity index (χ0v) is 9.31. The van der Waals surface area contributed by atoms with Crippen molar-refractivity contribution in [2.24, 2.45) is 0 Å². The minimum absolute atomic E-state index is 0.128. The summed E-state index contributed by atoms with van der Waals surface area (Å²) in [6.07, 6.45) is 0. The molecule has 0 bridgehead atoms. The second-order valence-corrected chi connectivity index (χ2v) is 3.24. The van der Waals surface area contributed by atoms with Gasteiger partial charge in [0.1, 0.15) is 8.96 Å². The fraction of sp³-hybridized carbons (Fsp3) is 0.333. The van der Waals surface area contributed by atoms with Crippen LogP contribution < -0.4 is 0 Å². The summed E-state index contributed by atoms with van der Waals surface area (Å²) in [6, 6.07) is 0. The fourth-order valence-corrected chi connectivity index (χ4v) is 0.824. The van der Waals surface area contributed by atoms with Crippen LogP contribution in [0.15, 0.2) is 8.96 Å². The molecule has 0 heterocycles. The first-order valence-electron chi connectivity index (χ1n) is 2.96. The Bertz CT molecular complexity index is 234. The third kappa shape index (κ3) is 3.36. The molecule has 0 saturated carbocycles. The van der Waals surface area contributed by atoms with Gasteiger partial charge in [-0.1, -0.05) is 0 Å². The molecule has 0 unspecified atom stereocenters. The van der Waals surface area contributed by atoms with Gasteiger partial charge in [-0.3, -0.25) is 0 Å². The molecule has 6 heteroatoms. The highest BCUT2D eigenvalue weighted by Gasteiger charge is 2.16. The first-order valence-corrected chi connectivity index (χ1v) is 4.55. The van der Waals surface area contributed by atoms with Crippen molar-refractivity contribution in [3.63, 3.8) is 0 Å². The highest BCUT2D eigenvalue weighted by molar-refractivity contribution is 9.14. The molecule has 0 aliphatic rings. The lowest BCUT2D eigenvalue weighted by atomic mass is 10.5. The lowest BCUT2D eigenvalue weighted by Gasteiger charge is -2.00. The van der Waals surface area contributed by atoms with Gasteiger partial charge in [0.2, 0.25) is 0 Å². The van der Waals surface area contributed by atoms with Crippen molar-refractivity contribution in [2.75, 3.05) is 6.61 Å². The van der Waals surface area contributed by atoms with E-state index in [2.05, 4.69) is 36.6 Å². The van der Waals surface area contributed by atoms with E-state index in [1.165, 1.54) is 0 Å². The Hall–Kier alpha value is -0.360. The summed E-state index contributed by atoms with van der Waals surface area (Å²) < 4.78 is 4.16. The van der Waals surface area contributed by atoms with Crippen molar-refractivity contribution in [1.82, 2.24) is 0 Å². The Balaban J connectivity index is 4.55. The van der Waals surface area contributed by atoms with Crippen molar-refractivity contribution < 1.29 is 19.4 Å². The molecule has 0 aliphatic heterocycles. The number of hydrogen-bond donors (Lipinski definition) is 1. The summed E-state index contributed by atoms with van der Waals surface area (Å²) in [5.74, 6) is -1.93. The first kappa shape index (κ1) is 11.6. The molecule has 0 aromatic rings. The quantitative estimate of drug-likeness (QED) is 0.636. The Labute approximate surface area is 85.8 Å². The Morgan fingerprint density at radius 1 is 1.33 bits per heavy atom. The van der Waals surface area contributed by atoms with E-state index < -0.39 is 11.9 Å². The fourth-order valence-electron chi connectivity index (χ4n) is 0.378. The minimum Gasteiger partial charge on any atom is -0.477 e. The molecule has 0 aromatic carbocycles. The van der Waals surface area contributed by atoms with Crippen LogP contribution in [0.1, 0.15) is 6.92 Å². The zero-order chi connectivity index (χ0) is 9.72. The molecule has 0 amide bonds. The summed E-state index contributed by atoms with van der Waals surface area (Å²) >= 11 is 5.50. The molecule has 0 radical (unpaired) electrons. The maximum absolute atomic E-state index is 10.9. The molecule has 12 heavy (non-hydrogen) atoms. The normalized spacial score (nSPS) is 11.9. The predicted molar refractivity (Wildman–Crippen MR) is 49.1 cm³/mol. The summed E-state index contributed by atoms with van der Waals surface area (Å²) in [4.78, 5) is 21.2. The second kappa shape index (κ2) is 5.31. The predicted octanol–water partition coefficient (Wildman–Crippen LogP) is 1.64. The van der Waals surface area contributed by atoms with Gasteiger partial charge in [-0.2, -0.15) is 0 Å².